The van der Waals surface area contributed by atoms with Crippen molar-refractivity contribution in [2.24, 2.45) is 13.0 Å². The fourth-order valence-electron chi connectivity index (χ4n) is 3.16. The number of nitrogens with one attached hydrogen (secondary N) is 1. The molecule has 26 heavy (non-hydrogen) atoms. The first-order chi connectivity index (χ1) is 12.4. The second-order valence-corrected chi connectivity index (χ2v) is 6.88. The van der Waals surface area contributed by atoms with Gasteiger partial charge in [-0.1, -0.05) is 19.9 Å². The molecule has 3 rings (SSSR count). The van der Waals surface area contributed by atoms with Gasteiger partial charge in [-0.25, -0.2) is 0 Å². The summed E-state index contributed by atoms with van der Waals surface area (Å²) in [6, 6.07) is 8.73. The van der Waals surface area contributed by atoms with Crippen molar-refractivity contribution in [2.75, 3.05) is 16.8 Å². The van der Waals surface area contributed by atoms with Crippen LogP contribution < -0.4 is 15.8 Å². The Hall–Kier alpha value is -2.89. The minimum atomic E-state index is -0.455. The number of hydrogen-bond donors (Lipinski definition) is 1. The standard InChI is InChI=1S/C20H23N3O3/c1-13(2)19(25)23-11-4-6-14-8-9-15(12-17(14)23)21-18(24)16-7-5-10-22(3)20(16)26/h5,7-10,12-13H,4,6,11H2,1-3H3,(H,21,24). The lowest BCUT2D eigenvalue weighted by molar-refractivity contribution is -0.121. The Morgan fingerprint density at radius 3 is 2.69 bits per heavy atom. The van der Waals surface area contributed by atoms with E-state index in [-0.39, 0.29) is 22.9 Å². The third-order valence-electron chi connectivity index (χ3n) is 4.59. The van der Waals surface area contributed by atoms with E-state index >= 15 is 0 Å². The molecule has 1 aromatic carbocycles. The zero-order chi connectivity index (χ0) is 18.8. The highest BCUT2D eigenvalue weighted by atomic mass is 16.2. The SMILES string of the molecule is CC(C)C(=O)N1CCCc2ccc(NC(=O)c3cccn(C)c3=O)cc21. The van der Waals surface area contributed by atoms with Gasteiger partial charge in [0.15, 0.2) is 0 Å². The van der Waals surface area contributed by atoms with E-state index < -0.39 is 5.91 Å². The Kier molecular flexibility index (Phi) is 4.93. The molecule has 1 aliphatic heterocycles. The Balaban J connectivity index is 1.90. The van der Waals surface area contributed by atoms with Gasteiger partial charge in [-0.05, 0) is 42.7 Å². The number of rotatable bonds is 3. The smallest absolute Gasteiger partial charge is 0.263 e. The van der Waals surface area contributed by atoms with Crippen molar-refractivity contribution in [2.45, 2.75) is 26.7 Å². The molecule has 2 amide bonds. The molecular weight excluding hydrogens is 330 g/mol. The fourth-order valence-corrected chi connectivity index (χ4v) is 3.16. The van der Waals surface area contributed by atoms with Crippen molar-refractivity contribution in [3.8, 4) is 0 Å². The average Bonchev–Trinajstić information content (AvgIpc) is 2.62. The van der Waals surface area contributed by atoms with Crippen LogP contribution in [0.5, 0.6) is 0 Å². The van der Waals surface area contributed by atoms with Crippen LogP contribution in [0.15, 0.2) is 41.3 Å². The number of benzene rings is 1. The molecule has 0 unspecified atom stereocenters. The molecule has 2 heterocycles. The number of carbonyl (C=O) groups excluding carboxylic acids is 2. The van der Waals surface area contributed by atoms with Gasteiger partial charge in [0.05, 0.1) is 0 Å². The number of nitrogens with zero attached hydrogens (tertiary/aromatic N) is 2. The predicted octanol–water partition coefficient (Wildman–Crippen LogP) is 2.57. The van der Waals surface area contributed by atoms with E-state index in [2.05, 4.69) is 5.32 Å². The number of hydrogen-bond acceptors (Lipinski definition) is 3. The lowest BCUT2D eigenvalue weighted by Crippen LogP contribution is -2.38. The van der Waals surface area contributed by atoms with Gasteiger partial charge in [0.2, 0.25) is 5.91 Å². The van der Waals surface area contributed by atoms with Gasteiger partial charge < -0.3 is 14.8 Å². The van der Waals surface area contributed by atoms with E-state index in [1.165, 1.54) is 10.6 Å². The zero-order valence-electron chi connectivity index (χ0n) is 15.3. The van der Waals surface area contributed by atoms with E-state index in [0.717, 1.165) is 24.1 Å². The van der Waals surface area contributed by atoms with E-state index in [4.69, 9.17) is 0 Å². The van der Waals surface area contributed by atoms with Gasteiger partial charge >= 0.3 is 0 Å². The summed E-state index contributed by atoms with van der Waals surface area (Å²) in [5, 5.41) is 2.77. The molecule has 0 fully saturated rings. The highest BCUT2D eigenvalue weighted by molar-refractivity contribution is 6.04. The molecule has 6 heteroatoms. The Bertz CT molecular complexity index is 915. The number of pyridine rings is 1. The number of aryl methyl sites for hydroxylation is 2. The van der Waals surface area contributed by atoms with Crippen molar-refractivity contribution < 1.29 is 9.59 Å². The number of aromatic nitrogens is 1. The van der Waals surface area contributed by atoms with Crippen LogP contribution >= 0.6 is 0 Å². The largest absolute Gasteiger partial charge is 0.322 e. The van der Waals surface area contributed by atoms with Crippen molar-refractivity contribution in [1.82, 2.24) is 4.57 Å². The van der Waals surface area contributed by atoms with Crippen LogP contribution in [0.3, 0.4) is 0 Å². The molecule has 1 aliphatic rings. The van der Waals surface area contributed by atoms with Gasteiger partial charge in [-0.15, -0.1) is 0 Å². The minimum Gasteiger partial charge on any atom is -0.322 e. The minimum absolute atomic E-state index is 0.0753. The number of anilines is 2. The van der Waals surface area contributed by atoms with Crippen molar-refractivity contribution >= 4 is 23.2 Å². The van der Waals surface area contributed by atoms with Gasteiger partial charge in [-0.2, -0.15) is 0 Å². The lowest BCUT2D eigenvalue weighted by atomic mass is 9.99. The summed E-state index contributed by atoms with van der Waals surface area (Å²) >= 11 is 0. The van der Waals surface area contributed by atoms with E-state index in [1.807, 2.05) is 32.0 Å². The molecular formula is C20H23N3O3. The summed E-state index contributed by atoms with van der Waals surface area (Å²) in [4.78, 5) is 38.9. The third kappa shape index (κ3) is 3.40. The first-order valence-electron chi connectivity index (χ1n) is 8.80. The third-order valence-corrected chi connectivity index (χ3v) is 4.59. The monoisotopic (exact) mass is 353 g/mol. The summed E-state index contributed by atoms with van der Waals surface area (Å²) in [5.74, 6) is -0.471. The van der Waals surface area contributed by atoms with Crippen LogP contribution in [0.25, 0.3) is 0 Å². The maximum absolute atomic E-state index is 12.5. The van der Waals surface area contributed by atoms with Crippen molar-refractivity contribution in [3.05, 3.63) is 58.0 Å². The first kappa shape index (κ1) is 17.9. The molecule has 0 saturated carbocycles. The lowest BCUT2D eigenvalue weighted by Gasteiger charge is -2.31. The van der Waals surface area contributed by atoms with Gasteiger partial charge in [0.1, 0.15) is 5.56 Å². The quantitative estimate of drug-likeness (QED) is 0.922. The molecule has 0 atom stereocenters. The number of fused-ring (bicyclic) bond motifs is 1. The van der Waals surface area contributed by atoms with Crippen LogP contribution in [-0.4, -0.2) is 22.9 Å². The highest BCUT2D eigenvalue weighted by Gasteiger charge is 2.25. The van der Waals surface area contributed by atoms with Crippen LogP contribution in [0, 0.1) is 5.92 Å². The summed E-state index contributed by atoms with van der Waals surface area (Å²) in [5.41, 5.74) is 2.25. The molecule has 1 aromatic heterocycles. The molecule has 0 spiro atoms. The maximum Gasteiger partial charge on any atom is 0.263 e. The highest BCUT2D eigenvalue weighted by Crippen LogP contribution is 2.31. The second-order valence-electron chi connectivity index (χ2n) is 6.88. The summed E-state index contributed by atoms with van der Waals surface area (Å²) in [7, 11) is 1.60. The fraction of sp³-hybridized carbons (Fsp3) is 0.350. The van der Waals surface area contributed by atoms with Gasteiger partial charge in [0, 0.05) is 37.1 Å². The Labute approximate surface area is 152 Å². The average molecular weight is 353 g/mol. The maximum atomic E-state index is 12.5. The summed E-state index contributed by atoms with van der Waals surface area (Å²) in [6.07, 6.45) is 3.44. The van der Waals surface area contributed by atoms with E-state index in [9.17, 15) is 14.4 Å². The van der Waals surface area contributed by atoms with Crippen LogP contribution in [0.4, 0.5) is 11.4 Å². The molecule has 0 aliphatic carbocycles. The van der Waals surface area contributed by atoms with E-state index in [1.54, 1.807) is 24.2 Å². The number of amides is 2. The Morgan fingerprint density at radius 1 is 1.19 bits per heavy atom. The molecule has 2 aromatic rings. The first-order valence-corrected chi connectivity index (χ1v) is 8.80. The normalized spacial score (nSPS) is 13.5. The zero-order valence-corrected chi connectivity index (χ0v) is 15.3. The van der Waals surface area contributed by atoms with Gasteiger partial charge in [-0.3, -0.25) is 14.4 Å². The van der Waals surface area contributed by atoms with Crippen molar-refractivity contribution in [3.63, 3.8) is 0 Å². The molecule has 0 radical (unpaired) electrons. The van der Waals surface area contributed by atoms with Crippen LogP contribution in [0.2, 0.25) is 0 Å². The van der Waals surface area contributed by atoms with Crippen molar-refractivity contribution in [1.29, 1.82) is 0 Å². The Morgan fingerprint density at radius 2 is 1.96 bits per heavy atom. The van der Waals surface area contributed by atoms with Crippen LogP contribution in [-0.2, 0) is 18.3 Å². The predicted molar refractivity (Wildman–Crippen MR) is 102 cm³/mol. The molecule has 136 valence electrons. The molecule has 6 nitrogen and oxygen atoms in total. The summed E-state index contributed by atoms with van der Waals surface area (Å²) in [6.45, 7) is 4.45. The molecule has 1 N–H and O–H groups in total. The molecule has 0 bridgehead atoms. The topological polar surface area (TPSA) is 71.4 Å². The van der Waals surface area contributed by atoms with E-state index in [0.29, 0.717) is 12.2 Å². The second kappa shape index (κ2) is 7.15. The summed E-state index contributed by atoms with van der Waals surface area (Å²) < 4.78 is 1.37. The van der Waals surface area contributed by atoms with Gasteiger partial charge in [0.25, 0.3) is 11.5 Å². The molecule has 0 saturated heterocycles. The number of carbonyl (C=O) groups is 2. The van der Waals surface area contributed by atoms with Crippen LogP contribution in [0.1, 0.15) is 36.2 Å².